The van der Waals surface area contributed by atoms with Crippen LogP contribution < -0.4 is 5.32 Å². The van der Waals surface area contributed by atoms with E-state index in [9.17, 15) is 17.6 Å². The first-order valence-corrected chi connectivity index (χ1v) is 5.55. The highest BCUT2D eigenvalue weighted by atomic mass is 19.4. The third-order valence-electron chi connectivity index (χ3n) is 2.27. The predicted molar refractivity (Wildman–Crippen MR) is 61.0 cm³/mol. The van der Waals surface area contributed by atoms with E-state index in [-0.39, 0.29) is 11.7 Å². The first kappa shape index (κ1) is 14.8. The fraction of sp³-hybridized carbons (Fsp3) is 0.500. The van der Waals surface area contributed by atoms with Crippen LogP contribution in [0.2, 0.25) is 0 Å². The van der Waals surface area contributed by atoms with Crippen molar-refractivity contribution in [2.75, 3.05) is 18.5 Å². The lowest BCUT2D eigenvalue weighted by atomic mass is 10.1. The Morgan fingerprint density at radius 2 is 2.00 bits per heavy atom. The van der Waals surface area contributed by atoms with E-state index in [4.69, 9.17) is 4.74 Å². The molecule has 0 bridgehead atoms. The maximum Gasteiger partial charge on any atom is 0.416 e. The van der Waals surface area contributed by atoms with Crippen LogP contribution >= 0.6 is 0 Å². The maximum atomic E-state index is 13.4. The van der Waals surface area contributed by atoms with Crippen molar-refractivity contribution in [1.82, 2.24) is 0 Å². The van der Waals surface area contributed by atoms with Crippen LogP contribution in [0.4, 0.5) is 23.2 Å². The average molecular weight is 265 g/mol. The lowest BCUT2D eigenvalue weighted by molar-refractivity contribution is -0.137. The van der Waals surface area contributed by atoms with Crippen LogP contribution in [0, 0.1) is 5.82 Å². The molecule has 1 aromatic carbocycles. The number of ether oxygens (including phenoxy) is 1. The Morgan fingerprint density at radius 3 is 2.56 bits per heavy atom. The highest BCUT2D eigenvalue weighted by molar-refractivity contribution is 5.48. The molecule has 0 fully saturated rings. The molecule has 102 valence electrons. The molecular weight excluding hydrogens is 250 g/mol. The lowest BCUT2D eigenvalue weighted by Gasteiger charge is -2.17. The molecule has 0 saturated carbocycles. The molecule has 0 spiro atoms. The van der Waals surface area contributed by atoms with Crippen molar-refractivity contribution in [2.24, 2.45) is 0 Å². The molecule has 1 aromatic rings. The van der Waals surface area contributed by atoms with Crippen LogP contribution in [-0.2, 0) is 10.9 Å². The molecule has 1 N–H and O–H groups in total. The van der Waals surface area contributed by atoms with Crippen LogP contribution in [0.25, 0.3) is 0 Å². The number of benzene rings is 1. The largest absolute Gasteiger partial charge is 0.416 e. The molecule has 0 aliphatic carbocycles. The summed E-state index contributed by atoms with van der Waals surface area (Å²) in [4.78, 5) is 0. The zero-order valence-electron chi connectivity index (χ0n) is 10.1. The highest BCUT2D eigenvalue weighted by Gasteiger charge is 2.31. The number of nitrogens with one attached hydrogen (secondary N) is 1. The van der Waals surface area contributed by atoms with E-state index in [0.717, 1.165) is 12.1 Å². The van der Waals surface area contributed by atoms with Gasteiger partial charge in [0.05, 0.1) is 17.9 Å². The number of hydrogen-bond donors (Lipinski definition) is 1. The van der Waals surface area contributed by atoms with E-state index < -0.39 is 17.6 Å². The van der Waals surface area contributed by atoms with Gasteiger partial charge in [-0.2, -0.15) is 13.2 Å². The molecule has 0 saturated heterocycles. The zero-order valence-corrected chi connectivity index (χ0v) is 10.1. The van der Waals surface area contributed by atoms with E-state index in [2.05, 4.69) is 5.32 Å². The number of anilines is 1. The Balaban J connectivity index is 2.81. The summed E-state index contributed by atoms with van der Waals surface area (Å²) in [6, 6.07) is 2.01. The van der Waals surface area contributed by atoms with Gasteiger partial charge in [-0.25, -0.2) is 4.39 Å². The standard InChI is InChI=1S/C12H15F4NO/c1-3-18-7-8(2)17-11-6-9(12(14,15)16)4-5-10(11)13/h4-6,8,17H,3,7H2,1-2H3. The van der Waals surface area contributed by atoms with Crippen molar-refractivity contribution in [3.8, 4) is 0 Å². The molecule has 0 aliphatic heterocycles. The lowest BCUT2D eigenvalue weighted by Crippen LogP contribution is -2.22. The smallest absolute Gasteiger partial charge is 0.380 e. The van der Waals surface area contributed by atoms with Crippen LogP contribution in [0.15, 0.2) is 18.2 Å². The topological polar surface area (TPSA) is 21.3 Å². The summed E-state index contributed by atoms with van der Waals surface area (Å²) in [6.45, 7) is 4.30. The minimum absolute atomic E-state index is 0.169. The Bertz CT molecular complexity index is 392. The fourth-order valence-electron chi connectivity index (χ4n) is 1.41. The molecule has 0 amide bonds. The molecule has 0 heterocycles. The summed E-state index contributed by atoms with van der Waals surface area (Å²) in [5.41, 5.74) is -1.05. The highest BCUT2D eigenvalue weighted by Crippen LogP contribution is 2.31. The summed E-state index contributed by atoms with van der Waals surface area (Å²) in [5.74, 6) is -0.716. The molecular formula is C12H15F4NO. The van der Waals surface area contributed by atoms with Gasteiger partial charge >= 0.3 is 6.18 Å². The maximum absolute atomic E-state index is 13.4. The molecule has 0 aliphatic rings. The first-order valence-electron chi connectivity index (χ1n) is 5.55. The first-order chi connectivity index (χ1) is 8.34. The molecule has 6 heteroatoms. The SMILES string of the molecule is CCOCC(C)Nc1cc(C(F)(F)F)ccc1F. The molecule has 0 aromatic heterocycles. The average Bonchev–Trinajstić information content (AvgIpc) is 2.28. The summed E-state index contributed by atoms with van der Waals surface area (Å²) in [7, 11) is 0. The van der Waals surface area contributed by atoms with Gasteiger partial charge in [-0.05, 0) is 32.0 Å². The number of rotatable bonds is 5. The Labute approximate surface area is 103 Å². The zero-order chi connectivity index (χ0) is 13.8. The fourth-order valence-corrected chi connectivity index (χ4v) is 1.41. The van der Waals surface area contributed by atoms with Crippen LogP contribution in [-0.4, -0.2) is 19.3 Å². The molecule has 0 radical (unpaired) electrons. The Morgan fingerprint density at radius 1 is 1.33 bits per heavy atom. The molecule has 18 heavy (non-hydrogen) atoms. The van der Waals surface area contributed by atoms with E-state index in [1.54, 1.807) is 13.8 Å². The van der Waals surface area contributed by atoms with Gasteiger partial charge in [-0.15, -0.1) is 0 Å². The van der Waals surface area contributed by atoms with Crippen molar-refractivity contribution >= 4 is 5.69 Å². The second-order valence-electron chi connectivity index (χ2n) is 3.90. The van der Waals surface area contributed by atoms with E-state index >= 15 is 0 Å². The van der Waals surface area contributed by atoms with Crippen molar-refractivity contribution in [3.05, 3.63) is 29.6 Å². The summed E-state index contributed by atoms with van der Waals surface area (Å²) in [6.07, 6.45) is -4.48. The van der Waals surface area contributed by atoms with Gasteiger partial charge in [0.2, 0.25) is 0 Å². The van der Waals surface area contributed by atoms with Gasteiger partial charge in [0.15, 0.2) is 0 Å². The van der Waals surface area contributed by atoms with Gasteiger partial charge in [0.25, 0.3) is 0 Å². The van der Waals surface area contributed by atoms with Gasteiger partial charge < -0.3 is 10.1 Å². The minimum atomic E-state index is -4.48. The number of hydrogen-bond acceptors (Lipinski definition) is 2. The molecule has 1 atom stereocenters. The Hall–Kier alpha value is -1.30. The van der Waals surface area contributed by atoms with Crippen LogP contribution in [0.3, 0.4) is 0 Å². The molecule has 1 rings (SSSR count). The minimum Gasteiger partial charge on any atom is -0.380 e. The normalized spacial score (nSPS) is 13.4. The van der Waals surface area contributed by atoms with Gasteiger partial charge in [-0.1, -0.05) is 0 Å². The summed E-state index contributed by atoms with van der Waals surface area (Å²) in [5, 5.41) is 2.66. The number of halogens is 4. The third-order valence-corrected chi connectivity index (χ3v) is 2.27. The van der Waals surface area contributed by atoms with E-state index in [0.29, 0.717) is 19.3 Å². The van der Waals surface area contributed by atoms with Gasteiger partial charge in [0, 0.05) is 12.6 Å². The predicted octanol–water partition coefficient (Wildman–Crippen LogP) is 3.68. The van der Waals surface area contributed by atoms with Crippen molar-refractivity contribution in [2.45, 2.75) is 26.1 Å². The monoisotopic (exact) mass is 265 g/mol. The van der Waals surface area contributed by atoms with Crippen molar-refractivity contribution in [1.29, 1.82) is 0 Å². The summed E-state index contributed by atoms with van der Waals surface area (Å²) < 4.78 is 55.9. The third kappa shape index (κ3) is 4.18. The molecule has 1 unspecified atom stereocenters. The summed E-state index contributed by atoms with van der Waals surface area (Å²) >= 11 is 0. The second kappa shape index (κ2) is 6.04. The molecule has 2 nitrogen and oxygen atoms in total. The second-order valence-corrected chi connectivity index (χ2v) is 3.90. The quantitative estimate of drug-likeness (QED) is 0.820. The number of alkyl halides is 3. The Kier molecular flexibility index (Phi) is 4.95. The van der Waals surface area contributed by atoms with Crippen molar-refractivity contribution in [3.63, 3.8) is 0 Å². The van der Waals surface area contributed by atoms with Gasteiger partial charge in [-0.3, -0.25) is 0 Å². The van der Waals surface area contributed by atoms with Gasteiger partial charge in [0.1, 0.15) is 5.82 Å². The van der Waals surface area contributed by atoms with E-state index in [1.165, 1.54) is 0 Å². The van der Waals surface area contributed by atoms with Crippen LogP contribution in [0.5, 0.6) is 0 Å². The van der Waals surface area contributed by atoms with Crippen LogP contribution in [0.1, 0.15) is 19.4 Å². The van der Waals surface area contributed by atoms with E-state index in [1.807, 2.05) is 0 Å². The van der Waals surface area contributed by atoms with Crippen molar-refractivity contribution < 1.29 is 22.3 Å².